The average molecular weight is 490 g/mol. The van der Waals surface area contributed by atoms with Crippen LogP contribution in [0.25, 0.3) is 16.8 Å². The second kappa shape index (κ2) is 10.6. The fourth-order valence-electron chi connectivity index (χ4n) is 3.60. The third-order valence-electron chi connectivity index (χ3n) is 5.70. The number of pyridine rings is 3. The van der Waals surface area contributed by atoms with Gasteiger partial charge in [-0.3, -0.25) is 4.79 Å². The van der Waals surface area contributed by atoms with E-state index in [4.69, 9.17) is 14.2 Å². The van der Waals surface area contributed by atoms with E-state index >= 15 is 0 Å². The molecule has 1 aliphatic rings. The second-order valence-electron chi connectivity index (χ2n) is 8.40. The molecular formula is C25H27N7O4. The SMILES string of the molecule is COc1cc(-c2ccc3nc(Nc4cccc(C(=O)NCCOCC5CC5)n4)nn3c2)cnc1OC. The topological polar surface area (TPSA) is 125 Å². The summed E-state index contributed by atoms with van der Waals surface area (Å²) >= 11 is 0. The summed E-state index contributed by atoms with van der Waals surface area (Å²) in [6, 6.07) is 10.8. The van der Waals surface area contributed by atoms with Crippen LogP contribution in [0.2, 0.25) is 0 Å². The van der Waals surface area contributed by atoms with E-state index in [1.165, 1.54) is 12.8 Å². The molecule has 4 aromatic rings. The third kappa shape index (κ3) is 5.52. The molecule has 1 aliphatic carbocycles. The number of rotatable bonds is 11. The summed E-state index contributed by atoms with van der Waals surface area (Å²) in [5.74, 6) is 2.22. The molecule has 0 unspecified atom stereocenters. The zero-order valence-corrected chi connectivity index (χ0v) is 20.1. The van der Waals surface area contributed by atoms with Crippen molar-refractivity contribution in [2.45, 2.75) is 12.8 Å². The third-order valence-corrected chi connectivity index (χ3v) is 5.70. The van der Waals surface area contributed by atoms with Crippen molar-refractivity contribution in [2.24, 2.45) is 5.92 Å². The van der Waals surface area contributed by atoms with E-state index in [1.54, 1.807) is 43.1 Å². The standard InChI is InChI=1S/C25H27N7O4/c1-34-20-12-18(13-27-24(20)35-2)17-8-9-22-30-25(31-32(22)14-17)29-21-5-3-4-19(28-21)23(33)26-10-11-36-15-16-6-7-16/h3-5,8-9,12-14,16H,6-7,10-11,15H2,1-2H3,(H,26,33)(H,28,29,31). The molecule has 5 rings (SSSR count). The number of methoxy groups -OCH3 is 2. The smallest absolute Gasteiger partial charge is 0.270 e. The van der Waals surface area contributed by atoms with Gasteiger partial charge >= 0.3 is 0 Å². The first-order valence-electron chi connectivity index (χ1n) is 11.7. The van der Waals surface area contributed by atoms with Gasteiger partial charge in [-0.2, -0.15) is 4.98 Å². The minimum atomic E-state index is -0.259. The van der Waals surface area contributed by atoms with Gasteiger partial charge in [0.25, 0.3) is 11.8 Å². The summed E-state index contributed by atoms with van der Waals surface area (Å²) in [4.78, 5) is 25.6. The van der Waals surface area contributed by atoms with E-state index in [2.05, 4.69) is 30.7 Å². The molecule has 0 aromatic carbocycles. The lowest BCUT2D eigenvalue weighted by atomic mass is 10.1. The summed E-state index contributed by atoms with van der Waals surface area (Å²) in [6.07, 6.45) is 6.04. The lowest BCUT2D eigenvalue weighted by Crippen LogP contribution is -2.28. The molecule has 0 atom stereocenters. The van der Waals surface area contributed by atoms with Crippen LogP contribution in [-0.2, 0) is 4.74 Å². The van der Waals surface area contributed by atoms with E-state index in [0.717, 1.165) is 17.7 Å². The predicted molar refractivity (Wildman–Crippen MR) is 133 cm³/mol. The first kappa shape index (κ1) is 23.5. The van der Waals surface area contributed by atoms with Gasteiger partial charge in [0.2, 0.25) is 5.95 Å². The van der Waals surface area contributed by atoms with Crippen LogP contribution in [0.4, 0.5) is 11.8 Å². The maximum absolute atomic E-state index is 12.4. The largest absolute Gasteiger partial charge is 0.491 e. The molecule has 36 heavy (non-hydrogen) atoms. The first-order chi connectivity index (χ1) is 17.6. The maximum Gasteiger partial charge on any atom is 0.270 e. The highest BCUT2D eigenvalue weighted by Gasteiger charge is 2.21. The van der Waals surface area contributed by atoms with Crippen LogP contribution in [0, 0.1) is 5.92 Å². The van der Waals surface area contributed by atoms with E-state index in [0.29, 0.717) is 53.8 Å². The highest BCUT2D eigenvalue weighted by molar-refractivity contribution is 5.92. The zero-order valence-electron chi connectivity index (χ0n) is 20.1. The lowest BCUT2D eigenvalue weighted by Gasteiger charge is -2.08. The Hall–Kier alpha value is -4.25. The summed E-state index contributed by atoms with van der Waals surface area (Å²) in [7, 11) is 3.11. The molecule has 186 valence electrons. The van der Waals surface area contributed by atoms with E-state index in [9.17, 15) is 4.79 Å². The predicted octanol–water partition coefficient (Wildman–Crippen LogP) is 3.10. The number of amides is 1. The highest BCUT2D eigenvalue weighted by Crippen LogP contribution is 2.30. The van der Waals surface area contributed by atoms with Gasteiger partial charge in [0.15, 0.2) is 11.4 Å². The Kier molecular flexibility index (Phi) is 6.89. The summed E-state index contributed by atoms with van der Waals surface area (Å²) in [6.45, 7) is 1.70. The Morgan fingerprint density at radius 1 is 1.11 bits per heavy atom. The Balaban J connectivity index is 1.25. The van der Waals surface area contributed by atoms with Crippen molar-refractivity contribution in [3.63, 3.8) is 0 Å². The van der Waals surface area contributed by atoms with Gasteiger partial charge in [-0.05, 0) is 49.1 Å². The minimum Gasteiger partial charge on any atom is -0.491 e. The quantitative estimate of drug-likeness (QED) is 0.306. The Morgan fingerprint density at radius 2 is 2.00 bits per heavy atom. The lowest BCUT2D eigenvalue weighted by molar-refractivity contribution is 0.0902. The Morgan fingerprint density at radius 3 is 2.81 bits per heavy atom. The summed E-state index contributed by atoms with van der Waals surface area (Å²) in [5.41, 5.74) is 2.67. The molecular weight excluding hydrogens is 462 g/mol. The molecule has 0 spiro atoms. The maximum atomic E-state index is 12.4. The van der Waals surface area contributed by atoms with Gasteiger partial charge in [0.05, 0.1) is 20.8 Å². The number of hydrogen-bond donors (Lipinski definition) is 2. The van der Waals surface area contributed by atoms with Crippen molar-refractivity contribution >= 4 is 23.3 Å². The number of fused-ring (bicyclic) bond motifs is 1. The van der Waals surface area contributed by atoms with Crippen molar-refractivity contribution in [1.29, 1.82) is 0 Å². The van der Waals surface area contributed by atoms with Crippen molar-refractivity contribution in [2.75, 3.05) is 39.3 Å². The van der Waals surface area contributed by atoms with Crippen molar-refractivity contribution in [3.05, 3.63) is 54.5 Å². The number of nitrogens with zero attached hydrogens (tertiary/aromatic N) is 5. The molecule has 4 aromatic heterocycles. The molecule has 1 saturated carbocycles. The van der Waals surface area contributed by atoms with Crippen LogP contribution in [0.15, 0.2) is 48.8 Å². The number of carbonyl (C=O) groups is 1. The number of aromatic nitrogens is 5. The fraction of sp³-hybridized carbons (Fsp3) is 0.320. The van der Waals surface area contributed by atoms with Crippen molar-refractivity contribution < 1.29 is 19.0 Å². The Labute approximate surface area is 207 Å². The van der Waals surface area contributed by atoms with E-state index in [1.807, 2.05) is 24.4 Å². The molecule has 1 fully saturated rings. The fourth-order valence-corrected chi connectivity index (χ4v) is 3.60. The normalized spacial score (nSPS) is 12.9. The van der Waals surface area contributed by atoms with Crippen molar-refractivity contribution in [1.82, 2.24) is 29.9 Å². The minimum absolute atomic E-state index is 0.259. The number of nitrogens with one attached hydrogen (secondary N) is 2. The molecule has 0 aliphatic heterocycles. The van der Waals surface area contributed by atoms with Gasteiger partial charge < -0.3 is 24.8 Å². The summed E-state index contributed by atoms with van der Waals surface area (Å²) in [5, 5.41) is 10.4. The molecule has 1 amide bonds. The van der Waals surface area contributed by atoms with Crippen LogP contribution in [0.5, 0.6) is 11.6 Å². The van der Waals surface area contributed by atoms with E-state index < -0.39 is 0 Å². The molecule has 0 saturated heterocycles. The molecule has 11 heteroatoms. The zero-order chi connectivity index (χ0) is 24.9. The average Bonchev–Trinajstić information content (AvgIpc) is 3.65. The van der Waals surface area contributed by atoms with Crippen LogP contribution >= 0.6 is 0 Å². The highest BCUT2D eigenvalue weighted by atomic mass is 16.5. The van der Waals surface area contributed by atoms with Gasteiger partial charge in [-0.25, -0.2) is 14.5 Å². The molecule has 0 bridgehead atoms. The van der Waals surface area contributed by atoms with Crippen LogP contribution in [0.1, 0.15) is 23.3 Å². The monoisotopic (exact) mass is 489 g/mol. The Bertz CT molecular complexity index is 1370. The molecule has 4 heterocycles. The molecule has 11 nitrogen and oxygen atoms in total. The van der Waals surface area contributed by atoms with E-state index in [-0.39, 0.29) is 5.91 Å². The first-order valence-corrected chi connectivity index (χ1v) is 11.7. The summed E-state index contributed by atoms with van der Waals surface area (Å²) < 4.78 is 17.8. The number of anilines is 2. The second-order valence-corrected chi connectivity index (χ2v) is 8.40. The molecule has 0 radical (unpaired) electrons. The van der Waals surface area contributed by atoms with Gasteiger partial charge in [-0.15, -0.1) is 5.10 Å². The molecule has 2 N–H and O–H groups in total. The van der Waals surface area contributed by atoms with Gasteiger partial charge in [-0.1, -0.05) is 6.07 Å². The van der Waals surface area contributed by atoms with Gasteiger partial charge in [0, 0.05) is 36.7 Å². The number of carbonyl (C=O) groups excluding carboxylic acids is 1. The van der Waals surface area contributed by atoms with Crippen LogP contribution in [-0.4, -0.2) is 64.5 Å². The van der Waals surface area contributed by atoms with Crippen molar-refractivity contribution in [3.8, 4) is 22.8 Å². The van der Waals surface area contributed by atoms with Crippen LogP contribution in [0.3, 0.4) is 0 Å². The number of ether oxygens (including phenoxy) is 3. The number of hydrogen-bond acceptors (Lipinski definition) is 9. The van der Waals surface area contributed by atoms with Crippen LogP contribution < -0.4 is 20.1 Å². The van der Waals surface area contributed by atoms with Gasteiger partial charge in [0.1, 0.15) is 11.5 Å².